The van der Waals surface area contributed by atoms with Crippen LogP contribution in [0, 0.1) is 0 Å². The molecule has 112 valence electrons. The van der Waals surface area contributed by atoms with Gasteiger partial charge in [-0.1, -0.05) is 25.3 Å². The molecule has 1 aliphatic carbocycles. The van der Waals surface area contributed by atoms with Crippen LogP contribution in [-0.2, 0) is 6.54 Å². The Hall–Kier alpha value is -1.36. The van der Waals surface area contributed by atoms with Crippen molar-refractivity contribution in [2.75, 3.05) is 7.11 Å². The predicted molar refractivity (Wildman–Crippen MR) is 73.3 cm³/mol. The molecule has 0 heterocycles. The molecular formula is C15H21F2NO2. The van der Waals surface area contributed by atoms with Gasteiger partial charge in [-0.15, -0.1) is 0 Å². The maximum absolute atomic E-state index is 12.4. The first-order valence-electron chi connectivity index (χ1n) is 7.04. The third kappa shape index (κ3) is 4.34. The van der Waals surface area contributed by atoms with Crippen LogP contribution in [0.3, 0.4) is 0 Å². The van der Waals surface area contributed by atoms with Gasteiger partial charge in [0.15, 0.2) is 11.5 Å². The molecule has 0 amide bonds. The first-order valence-corrected chi connectivity index (χ1v) is 7.04. The number of hydrogen-bond acceptors (Lipinski definition) is 3. The molecule has 0 bridgehead atoms. The van der Waals surface area contributed by atoms with Crippen molar-refractivity contribution < 1.29 is 18.3 Å². The van der Waals surface area contributed by atoms with E-state index in [0.717, 1.165) is 5.56 Å². The van der Waals surface area contributed by atoms with Crippen LogP contribution in [0.5, 0.6) is 11.5 Å². The summed E-state index contributed by atoms with van der Waals surface area (Å²) in [4.78, 5) is 0. The van der Waals surface area contributed by atoms with Gasteiger partial charge in [-0.2, -0.15) is 8.78 Å². The largest absolute Gasteiger partial charge is 0.493 e. The van der Waals surface area contributed by atoms with Crippen molar-refractivity contribution in [1.29, 1.82) is 0 Å². The fourth-order valence-electron chi connectivity index (χ4n) is 2.59. The summed E-state index contributed by atoms with van der Waals surface area (Å²) in [5.41, 5.74) is 0.923. The number of rotatable bonds is 6. The molecule has 20 heavy (non-hydrogen) atoms. The van der Waals surface area contributed by atoms with Crippen molar-refractivity contribution >= 4 is 0 Å². The predicted octanol–water partition coefficient (Wildman–Crippen LogP) is 3.72. The van der Waals surface area contributed by atoms with E-state index in [2.05, 4.69) is 10.1 Å². The standard InChI is InChI=1S/C15H21F2NO2/c1-19-13-8-7-11(9-14(13)20-15(16)17)10-18-12-5-3-2-4-6-12/h7-9,12,15,18H,2-6,10H2,1H3. The zero-order valence-corrected chi connectivity index (χ0v) is 11.7. The van der Waals surface area contributed by atoms with E-state index in [1.165, 1.54) is 39.2 Å². The zero-order valence-electron chi connectivity index (χ0n) is 11.7. The number of benzene rings is 1. The number of alkyl halides is 2. The maximum atomic E-state index is 12.4. The van der Waals surface area contributed by atoms with Crippen LogP contribution in [0.4, 0.5) is 8.78 Å². The van der Waals surface area contributed by atoms with Crippen LogP contribution < -0.4 is 14.8 Å². The number of halogens is 2. The van der Waals surface area contributed by atoms with Gasteiger partial charge >= 0.3 is 6.61 Å². The van der Waals surface area contributed by atoms with Crippen LogP contribution in [0.15, 0.2) is 18.2 Å². The molecule has 0 radical (unpaired) electrons. The summed E-state index contributed by atoms with van der Waals surface area (Å²) in [5.74, 6) is 0.414. The zero-order chi connectivity index (χ0) is 14.4. The topological polar surface area (TPSA) is 30.5 Å². The Morgan fingerprint density at radius 2 is 1.95 bits per heavy atom. The Labute approximate surface area is 118 Å². The van der Waals surface area contributed by atoms with Gasteiger partial charge in [0.1, 0.15) is 0 Å². The molecule has 5 heteroatoms. The van der Waals surface area contributed by atoms with Gasteiger partial charge in [0.2, 0.25) is 0 Å². The molecular weight excluding hydrogens is 264 g/mol. The van der Waals surface area contributed by atoms with E-state index < -0.39 is 6.61 Å². The lowest BCUT2D eigenvalue weighted by molar-refractivity contribution is -0.0512. The van der Waals surface area contributed by atoms with Gasteiger partial charge in [-0.3, -0.25) is 0 Å². The van der Waals surface area contributed by atoms with E-state index in [1.54, 1.807) is 12.1 Å². The van der Waals surface area contributed by atoms with Crippen molar-refractivity contribution in [3.63, 3.8) is 0 Å². The molecule has 0 spiro atoms. The van der Waals surface area contributed by atoms with Gasteiger partial charge < -0.3 is 14.8 Å². The lowest BCUT2D eigenvalue weighted by atomic mass is 9.95. The van der Waals surface area contributed by atoms with Crippen LogP contribution in [0.1, 0.15) is 37.7 Å². The second-order valence-corrected chi connectivity index (χ2v) is 5.08. The van der Waals surface area contributed by atoms with Crippen molar-refractivity contribution in [3.05, 3.63) is 23.8 Å². The molecule has 3 nitrogen and oxygen atoms in total. The van der Waals surface area contributed by atoms with Crippen molar-refractivity contribution in [2.24, 2.45) is 0 Å². The van der Waals surface area contributed by atoms with Crippen molar-refractivity contribution in [2.45, 2.75) is 51.3 Å². The third-order valence-corrected chi connectivity index (χ3v) is 3.64. The van der Waals surface area contributed by atoms with E-state index in [9.17, 15) is 8.78 Å². The normalized spacial score (nSPS) is 16.4. The highest BCUT2D eigenvalue weighted by molar-refractivity contribution is 5.43. The Balaban J connectivity index is 1.96. The monoisotopic (exact) mass is 285 g/mol. The first kappa shape index (κ1) is 15.0. The summed E-state index contributed by atoms with van der Waals surface area (Å²) in [7, 11) is 1.44. The summed E-state index contributed by atoms with van der Waals surface area (Å²) in [6, 6.07) is 5.67. The van der Waals surface area contributed by atoms with Gasteiger partial charge in [-0.25, -0.2) is 0 Å². The minimum atomic E-state index is -2.84. The molecule has 1 aliphatic rings. The van der Waals surface area contributed by atoms with Gasteiger partial charge in [-0.05, 0) is 30.5 Å². The highest BCUT2D eigenvalue weighted by Gasteiger charge is 2.14. The molecule has 0 aromatic heterocycles. The van der Waals surface area contributed by atoms with Crippen molar-refractivity contribution in [3.8, 4) is 11.5 Å². The van der Waals surface area contributed by atoms with Crippen LogP contribution in [-0.4, -0.2) is 19.8 Å². The molecule has 1 aromatic rings. The molecule has 0 saturated heterocycles. The third-order valence-electron chi connectivity index (χ3n) is 3.64. The quantitative estimate of drug-likeness (QED) is 0.864. The molecule has 0 atom stereocenters. The fourth-order valence-corrected chi connectivity index (χ4v) is 2.59. The van der Waals surface area contributed by atoms with Crippen LogP contribution >= 0.6 is 0 Å². The minimum Gasteiger partial charge on any atom is -0.493 e. The average Bonchev–Trinajstić information content (AvgIpc) is 2.46. The first-order chi connectivity index (χ1) is 9.69. The molecule has 1 saturated carbocycles. The summed E-state index contributed by atoms with van der Waals surface area (Å²) in [6.07, 6.45) is 6.22. The van der Waals surface area contributed by atoms with E-state index >= 15 is 0 Å². The Morgan fingerprint density at radius 3 is 2.60 bits per heavy atom. The van der Waals surface area contributed by atoms with Gasteiger partial charge in [0.25, 0.3) is 0 Å². The Morgan fingerprint density at radius 1 is 1.20 bits per heavy atom. The molecule has 1 aromatic carbocycles. The van der Waals surface area contributed by atoms with E-state index in [4.69, 9.17) is 4.74 Å². The van der Waals surface area contributed by atoms with Crippen molar-refractivity contribution in [1.82, 2.24) is 5.32 Å². The highest BCUT2D eigenvalue weighted by atomic mass is 19.3. The number of hydrogen-bond donors (Lipinski definition) is 1. The maximum Gasteiger partial charge on any atom is 0.387 e. The summed E-state index contributed by atoms with van der Waals surface area (Å²) in [5, 5.41) is 3.47. The average molecular weight is 285 g/mol. The number of methoxy groups -OCH3 is 1. The van der Waals surface area contributed by atoms with E-state index in [1.807, 2.05) is 6.07 Å². The molecule has 0 aliphatic heterocycles. The van der Waals surface area contributed by atoms with Crippen LogP contribution in [0.25, 0.3) is 0 Å². The lowest BCUT2D eigenvalue weighted by Crippen LogP contribution is -2.30. The van der Waals surface area contributed by atoms with Gasteiger partial charge in [0.05, 0.1) is 7.11 Å². The smallest absolute Gasteiger partial charge is 0.387 e. The lowest BCUT2D eigenvalue weighted by Gasteiger charge is -2.23. The SMILES string of the molecule is COc1ccc(CNC2CCCCC2)cc1OC(F)F. The second kappa shape index (κ2) is 7.43. The number of ether oxygens (including phenoxy) is 2. The molecule has 2 rings (SSSR count). The molecule has 0 unspecified atom stereocenters. The Kier molecular flexibility index (Phi) is 5.59. The van der Waals surface area contributed by atoms with Gasteiger partial charge in [0, 0.05) is 12.6 Å². The minimum absolute atomic E-state index is 0.0884. The van der Waals surface area contributed by atoms with E-state index in [0.29, 0.717) is 18.3 Å². The summed E-state index contributed by atoms with van der Waals surface area (Å²) < 4.78 is 34.2. The number of nitrogens with one attached hydrogen (secondary N) is 1. The molecule has 1 N–H and O–H groups in total. The second-order valence-electron chi connectivity index (χ2n) is 5.08. The van der Waals surface area contributed by atoms with E-state index in [-0.39, 0.29) is 5.75 Å². The fraction of sp³-hybridized carbons (Fsp3) is 0.600. The highest BCUT2D eigenvalue weighted by Crippen LogP contribution is 2.29. The molecule has 1 fully saturated rings. The summed E-state index contributed by atoms with van der Waals surface area (Å²) >= 11 is 0. The Bertz CT molecular complexity index is 420. The van der Waals surface area contributed by atoms with Crippen LogP contribution in [0.2, 0.25) is 0 Å². The summed E-state index contributed by atoms with van der Waals surface area (Å²) in [6.45, 7) is -2.18.